The predicted octanol–water partition coefficient (Wildman–Crippen LogP) is -1.47. The largest absolute Gasteiger partial charge is 0.434 e. The summed E-state index contributed by atoms with van der Waals surface area (Å²) in [7, 11) is 0. The number of aromatic amines is 1. The second-order valence-corrected chi connectivity index (χ2v) is 2.40. The minimum atomic E-state index is -1.11. The third kappa shape index (κ3) is 2.71. The summed E-state index contributed by atoms with van der Waals surface area (Å²) >= 11 is 0. The molecular formula is C6H9N3O4. The number of hydrogen-bond donors (Lipinski definition) is 3. The summed E-state index contributed by atoms with van der Waals surface area (Å²) in [6.45, 7) is 1.27. The maximum absolute atomic E-state index is 10.4. The van der Waals surface area contributed by atoms with Crippen LogP contribution in [-0.2, 0) is 4.79 Å². The molecule has 7 nitrogen and oxygen atoms in total. The number of hydrogen-bond acceptors (Lipinski definition) is 5. The van der Waals surface area contributed by atoms with Gasteiger partial charge in [-0.3, -0.25) is 4.79 Å². The van der Waals surface area contributed by atoms with Crippen LogP contribution in [0.5, 0.6) is 0 Å². The predicted molar refractivity (Wildman–Crippen MR) is 40.8 cm³/mol. The Morgan fingerprint density at radius 1 is 1.85 bits per heavy atom. The van der Waals surface area contributed by atoms with Crippen LogP contribution < -0.4 is 11.1 Å². The molecule has 0 radical (unpaired) electrons. The molecule has 1 unspecified atom stereocenters. The van der Waals surface area contributed by atoms with Gasteiger partial charge in [0.15, 0.2) is 0 Å². The summed E-state index contributed by atoms with van der Waals surface area (Å²) in [4.78, 5) is 20.9. The molecule has 1 heterocycles. The fourth-order valence-corrected chi connectivity index (χ4v) is 0.712. The average Bonchev–Trinajstić information content (AvgIpc) is 2.47. The highest BCUT2D eigenvalue weighted by molar-refractivity contribution is 5.72. The third-order valence-corrected chi connectivity index (χ3v) is 1.28. The first kappa shape index (κ1) is 9.46. The molecule has 0 fully saturated rings. The van der Waals surface area contributed by atoms with Gasteiger partial charge in [0.25, 0.3) is 0 Å². The minimum absolute atomic E-state index is 0.0386. The lowest BCUT2D eigenvalue weighted by atomic mass is 10.3. The number of carbonyl (C=O) groups is 1. The van der Waals surface area contributed by atoms with Crippen molar-refractivity contribution >= 4 is 5.91 Å². The molecule has 0 aromatic carbocycles. The summed E-state index contributed by atoms with van der Waals surface area (Å²) in [5.74, 6) is -1.16. The van der Waals surface area contributed by atoms with Gasteiger partial charge in [0.2, 0.25) is 11.8 Å². The Kier molecular flexibility index (Phi) is 2.80. The monoisotopic (exact) mass is 187 g/mol. The molecular weight excluding hydrogens is 178 g/mol. The SMILES string of the molecule is CC(=O)NCC(O)c1n[nH]c(=O)o1. The van der Waals surface area contributed by atoms with Gasteiger partial charge < -0.3 is 14.8 Å². The van der Waals surface area contributed by atoms with Gasteiger partial charge in [-0.1, -0.05) is 0 Å². The van der Waals surface area contributed by atoms with E-state index in [1.165, 1.54) is 6.92 Å². The van der Waals surface area contributed by atoms with Crippen LogP contribution in [0.15, 0.2) is 9.21 Å². The molecule has 13 heavy (non-hydrogen) atoms. The average molecular weight is 187 g/mol. The van der Waals surface area contributed by atoms with Gasteiger partial charge in [0.1, 0.15) is 6.10 Å². The van der Waals surface area contributed by atoms with Crippen molar-refractivity contribution in [1.29, 1.82) is 0 Å². The van der Waals surface area contributed by atoms with E-state index in [4.69, 9.17) is 0 Å². The highest BCUT2D eigenvalue weighted by Crippen LogP contribution is 2.03. The molecule has 0 saturated carbocycles. The van der Waals surface area contributed by atoms with Gasteiger partial charge in [-0.05, 0) is 0 Å². The summed E-state index contributed by atoms with van der Waals surface area (Å²) in [5, 5.41) is 17.0. The first-order valence-corrected chi connectivity index (χ1v) is 3.57. The van der Waals surface area contributed by atoms with Crippen molar-refractivity contribution in [1.82, 2.24) is 15.5 Å². The molecule has 3 N–H and O–H groups in total. The fraction of sp³-hybridized carbons (Fsp3) is 0.500. The van der Waals surface area contributed by atoms with E-state index < -0.39 is 11.9 Å². The topological polar surface area (TPSA) is 108 Å². The number of aliphatic hydroxyl groups excluding tert-OH is 1. The third-order valence-electron chi connectivity index (χ3n) is 1.28. The lowest BCUT2D eigenvalue weighted by molar-refractivity contribution is -0.119. The van der Waals surface area contributed by atoms with Crippen molar-refractivity contribution < 1.29 is 14.3 Å². The highest BCUT2D eigenvalue weighted by atomic mass is 16.4. The zero-order valence-electron chi connectivity index (χ0n) is 6.90. The molecule has 1 aromatic heterocycles. The maximum atomic E-state index is 10.4. The van der Waals surface area contributed by atoms with E-state index in [-0.39, 0.29) is 18.3 Å². The van der Waals surface area contributed by atoms with E-state index in [1.54, 1.807) is 0 Å². The number of nitrogens with one attached hydrogen (secondary N) is 2. The molecule has 0 spiro atoms. The van der Waals surface area contributed by atoms with Gasteiger partial charge in [0, 0.05) is 6.92 Å². The molecule has 1 rings (SSSR count). The van der Waals surface area contributed by atoms with Crippen LogP contribution >= 0.6 is 0 Å². The van der Waals surface area contributed by atoms with Crippen molar-refractivity contribution in [2.45, 2.75) is 13.0 Å². The minimum Gasteiger partial charge on any atom is -0.390 e. The van der Waals surface area contributed by atoms with Crippen molar-refractivity contribution in [3.05, 3.63) is 16.4 Å². The normalized spacial score (nSPS) is 12.5. The van der Waals surface area contributed by atoms with E-state index in [0.717, 1.165) is 0 Å². The second-order valence-electron chi connectivity index (χ2n) is 2.40. The summed E-state index contributed by atoms with van der Waals surface area (Å²) in [5.41, 5.74) is 0. The first-order chi connectivity index (χ1) is 6.09. The van der Waals surface area contributed by atoms with Gasteiger partial charge in [-0.25, -0.2) is 9.89 Å². The van der Waals surface area contributed by atoms with E-state index >= 15 is 0 Å². The quantitative estimate of drug-likeness (QED) is 0.535. The van der Waals surface area contributed by atoms with Gasteiger partial charge in [-0.15, -0.1) is 5.10 Å². The lowest BCUT2D eigenvalue weighted by Gasteiger charge is -2.04. The summed E-state index contributed by atoms with van der Waals surface area (Å²) < 4.78 is 4.45. The number of carbonyl (C=O) groups excluding carboxylic acids is 1. The Bertz CT molecular complexity index is 342. The highest BCUT2D eigenvalue weighted by Gasteiger charge is 2.13. The summed E-state index contributed by atoms with van der Waals surface area (Å²) in [6, 6.07) is 0. The van der Waals surface area contributed by atoms with Crippen LogP contribution in [0.4, 0.5) is 0 Å². The molecule has 72 valence electrons. The maximum Gasteiger partial charge on any atom is 0.434 e. The molecule has 7 heteroatoms. The van der Waals surface area contributed by atoms with Gasteiger partial charge >= 0.3 is 5.76 Å². The first-order valence-electron chi connectivity index (χ1n) is 3.57. The Morgan fingerprint density at radius 3 is 3.00 bits per heavy atom. The second kappa shape index (κ2) is 3.85. The number of rotatable bonds is 3. The zero-order chi connectivity index (χ0) is 9.84. The Hall–Kier alpha value is -1.63. The standard InChI is InChI=1S/C6H9N3O4/c1-3(10)7-2-4(11)5-8-9-6(12)13-5/h4,11H,2H2,1H3,(H,7,10)(H,9,12). The van der Waals surface area contributed by atoms with Crippen LogP contribution in [0.3, 0.4) is 0 Å². The molecule has 1 amide bonds. The number of aliphatic hydroxyl groups is 1. The summed E-state index contributed by atoms with van der Waals surface area (Å²) in [6.07, 6.45) is -1.11. The van der Waals surface area contributed by atoms with Crippen LogP contribution in [-0.4, -0.2) is 27.8 Å². The van der Waals surface area contributed by atoms with Crippen molar-refractivity contribution in [3.8, 4) is 0 Å². The molecule has 1 atom stereocenters. The number of nitrogens with zero attached hydrogens (tertiary/aromatic N) is 1. The number of aromatic nitrogens is 2. The van der Waals surface area contributed by atoms with Crippen molar-refractivity contribution in [3.63, 3.8) is 0 Å². The van der Waals surface area contributed by atoms with Crippen LogP contribution in [0, 0.1) is 0 Å². The Labute approximate surface area is 72.8 Å². The fourth-order valence-electron chi connectivity index (χ4n) is 0.712. The Balaban J connectivity index is 2.53. The van der Waals surface area contributed by atoms with Crippen LogP contribution in [0.2, 0.25) is 0 Å². The number of amides is 1. The Morgan fingerprint density at radius 2 is 2.54 bits per heavy atom. The lowest BCUT2D eigenvalue weighted by Crippen LogP contribution is -2.25. The molecule has 0 bridgehead atoms. The van der Waals surface area contributed by atoms with E-state index in [0.29, 0.717) is 0 Å². The van der Waals surface area contributed by atoms with E-state index in [9.17, 15) is 14.7 Å². The van der Waals surface area contributed by atoms with Gasteiger partial charge in [0.05, 0.1) is 6.54 Å². The van der Waals surface area contributed by atoms with Crippen molar-refractivity contribution in [2.75, 3.05) is 6.54 Å². The van der Waals surface area contributed by atoms with Gasteiger partial charge in [-0.2, -0.15) is 0 Å². The zero-order valence-corrected chi connectivity index (χ0v) is 6.90. The van der Waals surface area contributed by atoms with E-state index in [2.05, 4.69) is 14.8 Å². The molecule has 0 aliphatic carbocycles. The van der Waals surface area contributed by atoms with Crippen molar-refractivity contribution in [2.24, 2.45) is 0 Å². The molecule has 0 aliphatic rings. The smallest absolute Gasteiger partial charge is 0.390 e. The molecule has 0 saturated heterocycles. The molecule has 1 aromatic rings. The number of H-pyrrole nitrogens is 1. The van der Waals surface area contributed by atoms with Crippen LogP contribution in [0.25, 0.3) is 0 Å². The van der Waals surface area contributed by atoms with E-state index in [1.807, 2.05) is 5.10 Å². The molecule has 0 aliphatic heterocycles. The van der Waals surface area contributed by atoms with Crippen LogP contribution in [0.1, 0.15) is 18.9 Å².